The quantitative estimate of drug-likeness (QED) is 0.501. The molecule has 2 aromatic rings. The molecule has 8 nitrogen and oxygen atoms in total. The van der Waals surface area contributed by atoms with Crippen molar-refractivity contribution >= 4 is 29.8 Å². The molecule has 4 N–H and O–H groups in total. The van der Waals surface area contributed by atoms with Crippen LogP contribution in [-0.4, -0.2) is 36.3 Å². The van der Waals surface area contributed by atoms with Gasteiger partial charge < -0.3 is 30.2 Å². The van der Waals surface area contributed by atoms with Crippen molar-refractivity contribution in [1.82, 2.24) is 9.97 Å². The third kappa shape index (κ3) is 3.91. The Labute approximate surface area is 174 Å². The molecule has 1 aromatic heterocycles. The Morgan fingerprint density at radius 3 is 2.62 bits per heavy atom. The molecule has 9 heteroatoms. The summed E-state index contributed by atoms with van der Waals surface area (Å²) < 4.78 is 16.7. The van der Waals surface area contributed by atoms with E-state index in [9.17, 15) is 4.79 Å². The van der Waals surface area contributed by atoms with E-state index in [1.54, 1.807) is 47.1 Å². The fraction of sp³-hybridized carbons (Fsp3) is 0.350. The van der Waals surface area contributed by atoms with Crippen molar-refractivity contribution < 1.29 is 19.0 Å². The Morgan fingerprint density at radius 1 is 1.28 bits per heavy atom. The van der Waals surface area contributed by atoms with E-state index in [1.165, 1.54) is 0 Å². The predicted octanol–water partition coefficient (Wildman–Crippen LogP) is 3.52. The lowest BCUT2D eigenvalue weighted by atomic mass is 9.81. The number of hydrogen-bond donors (Lipinski definition) is 3. The number of carbonyl (C=O) groups is 1. The van der Waals surface area contributed by atoms with E-state index in [-0.39, 0.29) is 10.9 Å². The molecule has 1 atom stereocenters. The maximum Gasteiger partial charge on any atom is 0.337 e. The van der Waals surface area contributed by atoms with Crippen LogP contribution < -0.4 is 20.5 Å². The highest BCUT2D eigenvalue weighted by atomic mass is 32.1. The summed E-state index contributed by atoms with van der Waals surface area (Å²) in [4.78, 5) is 20.3. The molecule has 0 spiro atoms. The first-order valence-corrected chi connectivity index (χ1v) is 9.48. The van der Waals surface area contributed by atoms with E-state index in [2.05, 4.69) is 15.3 Å². The summed E-state index contributed by atoms with van der Waals surface area (Å²) >= 11 is 5.17. The lowest BCUT2D eigenvalue weighted by Gasteiger charge is -2.31. The summed E-state index contributed by atoms with van der Waals surface area (Å²) in [7, 11) is 3.14. The smallest absolute Gasteiger partial charge is 0.337 e. The van der Waals surface area contributed by atoms with Gasteiger partial charge in [-0.25, -0.2) is 9.78 Å². The van der Waals surface area contributed by atoms with Crippen LogP contribution in [0.2, 0.25) is 0 Å². The van der Waals surface area contributed by atoms with Gasteiger partial charge in [0.25, 0.3) is 0 Å². The zero-order valence-corrected chi connectivity index (χ0v) is 17.8. The number of esters is 1. The maximum absolute atomic E-state index is 13.1. The largest absolute Gasteiger partial charge is 0.497 e. The normalized spacial score (nSPS) is 15.6. The highest BCUT2D eigenvalue weighted by Gasteiger charge is 2.38. The van der Waals surface area contributed by atoms with Gasteiger partial charge in [0, 0.05) is 16.8 Å². The number of benzene rings is 1. The number of nitrogens with two attached hydrogens (primary N) is 1. The molecule has 0 fully saturated rings. The second-order valence-corrected chi connectivity index (χ2v) is 7.26. The summed E-state index contributed by atoms with van der Waals surface area (Å²) in [6, 6.07) is 5.38. The SMILES string of the molecule is COc1ccc(OC)c(C2C(C(=O)OC(C)C)=C(C)Nc3nc(=S)[nH]c(N)c32)c1. The second kappa shape index (κ2) is 8.12. The van der Waals surface area contributed by atoms with Crippen LogP contribution in [0, 0.1) is 4.77 Å². The number of rotatable bonds is 5. The standard InChI is InChI=1S/C20H24N4O4S/c1-9(2)28-19(25)14-10(3)22-18-16(17(21)23-20(29)24-18)15(14)12-8-11(26-4)6-7-13(12)27-5/h6-9,15H,1-5H3,(H4,21,22,23,24,29). The number of methoxy groups -OCH3 is 2. The minimum Gasteiger partial charge on any atom is -0.497 e. The minimum atomic E-state index is -0.595. The van der Waals surface area contributed by atoms with E-state index >= 15 is 0 Å². The molecular formula is C20H24N4O4S. The number of anilines is 2. The average Bonchev–Trinajstić information content (AvgIpc) is 2.65. The summed E-state index contributed by atoms with van der Waals surface area (Å²) in [5, 5.41) is 3.14. The van der Waals surface area contributed by atoms with E-state index in [0.717, 1.165) is 0 Å². The zero-order valence-electron chi connectivity index (χ0n) is 17.0. The van der Waals surface area contributed by atoms with Gasteiger partial charge in [0.2, 0.25) is 0 Å². The number of hydrogen-bond acceptors (Lipinski definition) is 8. The van der Waals surface area contributed by atoms with Gasteiger partial charge in [-0.1, -0.05) is 0 Å². The van der Waals surface area contributed by atoms with Crippen molar-refractivity contribution in [2.24, 2.45) is 0 Å². The van der Waals surface area contributed by atoms with Crippen molar-refractivity contribution in [2.75, 3.05) is 25.3 Å². The first-order valence-electron chi connectivity index (χ1n) is 9.07. The molecular weight excluding hydrogens is 392 g/mol. The topological polar surface area (TPSA) is 111 Å². The zero-order chi connectivity index (χ0) is 21.3. The van der Waals surface area contributed by atoms with Crippen molar-refractivity contribution in [3.05, 3.63) is 45.4 Å². The van der Waals surface area contributed by atoms with E-state index in [0.29, 0.717) is 45.5 Å². The number of nitrogens with one attached hydrogen (secondary N) is 2. The van der Waals surface area contributed by atoms with E-state index < -0.39 is 11.9 Å². The monoisotopic (exact) mass is 416 g/mol. The first kappa shape index (κ1) is 20.7. The lowest BCUT2D eigenvalue weighted by Crippen LogP contribution is -2.28. The summed E-state index contributed by atoms with van der Waals surface area (Å²) in [6.07, 6.45) is -0.283. The van der Waals surface area contributed by atoms with Crippen molar-refractivity contribution in [2.45, 2.75) is 32.8 Å². The Balaban J connectivity index is 2.33. The van der Waals surface area contributed by atoms with Crippen LogP contribution in [0.3, 0.4) is 0 Å². The predicted molar refractivity (Wildman–Crippen MR) is 113 cm³/mol. The van der Waals surface area contributed by atoms with Gasteiger partial charge in [0.05, 0.1) is 31.8 Å². The highest BCUT2D eigenvalue weighted by molar-refractivity contribution is 7.71. The number of aromatic amines is 1. The van der Waals surface area contributed by atoms with Gasteiger partial charge in [-0.2, -0.15) is 0 Å². The molecule has 0 aliphatic carbocycles. The molecule has 1 aliphatic rings. The maximum atomic E-state index is 13.1. The number of carbonyl (C=O) groups excluding carboxylic acids is 1. The number of ether oxygens (including phenoxy) is 3. The van der Waals surface area contributed by atoms with E-state index in [1.807, 2.05) is 6.07 Å². The van der Waals surface area contributed by atoms with Crippen molar-refractivity contribution in [3.63, 3.8) is 0 Å². The number of fused-ring (bicyclic) bond motifs is 1. The van der Waals surface area contributed by atoms with Gasteiger partial charge in [-0.3, -0.25) is 0 Å². The Bertz CT molecular complexity index is 1050. The molecule has 154 valence electrons. The second-order valence-electron chi connectivity index (χ2n) is 6.88. The van der Waals surface area contributed by atoms with Crippen LogP contribution in [0.1, 0.15) is 37.8 Å². The van der Waals surface area contributed by atoms with E-state index in [4.69, 9.17) is 32.2 Å². The average molecular weight is 417 g/mol. The van der Waals surface area contributed by atoms with Crippen molar-refractivity contribution in [1.29, 1.82) is 0 Å². The molecule has 0 saturated heterocycles. The van der Waals surface area contributed by atoms with Crippen LogP contribution in [0.25, 0.3) is 0 Å². The number of nitrogens with zero attached hydrogens (tertiary/aromatic N) is 1. The van der Waals surface area contributed by atoms with Gasteiger partial charge in [-0.15, -0.1) is 0 Å². The third-order valence-electron chi connectivity index (χ3n) is 4.60. The van der Waals surface area contributed by atoms with Crippen LogP contribution in [0.5, 0.6) is 11.5 Å². The molecule has 0 radical (unpaired) electrons. The van der Waals surface area contributed by atoms with Gasteiger partial charge in [0.15, 0.2) is 4.77 Å². The molecule has 0 amide bonds. The number of H-pyrrole nitrogens is 1. The van der Waals surface area contributed by atoms with Crippen LogP contribution in [-0.2, 0) is 9.53 Å². The van der Waals surface area contributed by atoms with Crippen molar-refractivity contribution in [3.8, 4) is 11.5 Å². The number of nitrogen functional groups attached to an aromatic ring is 1. The van der Waals surface area contributed by atoms with Gasteiger partial charge in [0.1, 0.15) is 23.1 Å². The molecule has 29 heavy (non-hydrogen) atoms. The summed E-state index contributed by atoms with van der Waals surface area (Å²) in [5.41, 5.74) is 8.60. The van der Waals surface area contributed by atoms with Gasteiger partial charge in [-0.05, 0) is 51.2 Å². The highest BCUT2D eigenvalue weighted by Crippen LogP contribution is 2.47. The third-order valence-corrected chi connectivity index (χ3v) is 4.79. The Hall–Kier alpha value is -3.07. The molecule has 1 aromatic carbocycles. The lowest BCUT2D eigenvalue weighted by molar-refractivity contribution is -0.142. The Kier molecular flexibility index (Phi) is 5.78. The van der Waals surface area contributed by atoms with Crippen LogP contribution in [0.4, 0.5) is 11.6 Å². The Morgan fingerprint density at radius 2 is 2.00 bits per heavy atom. The van der Waals surface area contributed by atoms with Gasteiger partial charge >= 0.3 is 5.97 Å². The summed E-state index contributed by atoms with van der Waals surface area (Å²) in [5.74, 6) is 0.942. The fourth-order valence-corrected chi connectivity index (χ4v) is 3.62. The minimum absolute atomic E-state index is 0.242. The fourth-order valence-electron chi connectivity index (χ4n) is 3.42. The molecule has 2 heterocycles. The summed E-state index contributed by atoms with van der Waals surface area (Å²) in [6.45, 7) is 5.38. The molecule has 0 bridgehead atoms. The molecule has 0 saturated carbocycles. The first-order chi connectivity index (χ1) is 13.8. The molecule has 3 rings (SSSR count). The van der Waals surface area contributed by atoms with Crippen LogP contribution in [0.15, 0.2) is 29.5 Å². The number of aromatic nitrogens is 2. The number of allylic oxidation sites excluding steroid dienone is 1. The molecule has 1 aliphatic heterocycles. The molecule has 1 unspecified atom stereocenters. The van der Waals surface area contributed by atoms with Crippen LogP contribution >= 0.6 is 12.2 Å².